The van der Waals surface area contributed by atoms with Gasteiger partial charge in [-0.15, -0.1) is 11.6 Å². The highest BCUT2D eigenvalue weighted by Gasteiger charge is 2.07. The molecular weight excluding hydrogens is 310 g/mol. The minimum absolute atomic E-state index is 0.443. The number of benzene rings is 1. The molecule has 0 heterocycles. The summed E-state index contributed by atoms with van der Waals surface area (Å²) in [6, 6.07) is 3.63. The SMILES string of the molecule is COc1cc(Cl)cc(I)c1CCl. The van der Waals surface area contributed by atoms with Gasteiger partial charge in [-0.3, -0.25) is 0 Å². The molecule has 0 aliphatic heterocycles. The summed E-state index contributed by atoms with van der Waals surface area (Å²) in [5.74, 6) is 1.19. The molecule has 12 heavy (non-hydrogen) atoms. The predicted molar refractivity (Wildman–Crippen MR) is 60.3 cm³/mol. The number of halogens is 3. The maximum Gasteiger partial charge on any atom is 0.125 e. The van der Waals surface area contributed by atoms with Gasteiger partial charge in [0, 0.05) is 14.2 Å². The third kappa shape index (κ3) is 2.18. The van der Waals surface area contributed by atoms with E-state index in [9.17, 15) is 0 Å². The first kappa shape index (κ1) is 10.4. The standard InChI is InChI=1S/C8H7Cl2IO/c1-12-8-3-5(10)2-7(11)6(8)4-9/h2-3H,4H2,1H3. The smallest absolute Gasteiger partial charge is 0.125 e. The molecule has 1 aromatic carbocycles. The van der Waals surface area contributed by atoms with Gasteiger partial charge < -0.3 is 4.74 Å². The van der Waals surface area contributed by atoms with Crippen molar-refractivity contribution in [1.29, 1.82) is 0 Å². The second kappa shape index (κ2) is 4.53. The monoisotopic (exact) mass is 316 g/mol. The van der Waals surface area contributed by atoms with Gasteiger partial charge in [0.1, 0.15) is 5.75 Å². The van der Waals surface area contributed by atoms with Crippen molar-refractivity contribution in [3.63, 3.8) is 0 Å². The molecule has 0 aromatic heterocycles. The molecule has 0 bridgehead atoms. The van der Waals surface area contributed by atoms with Gasteiger partial charge in [-0.25, -0.2) is 0 Å². The fourth-order valence-electron chi connectivity index (χ4n) is 0.892. The van der Waals surface area contributed by atoms with Crippen LogP contribution < -0.4 is 4.74 Å². The second-order valence-corrected chi connectivity index (χ2v) is 4.07. The van der Waals surface area contributed by atoms with E-state index in [0.29, 0.717) is 10.9 Å². The topological polar surface area (TPSA) is 9.23 Å². The summed E-state index contributed by atoms with van der Waals surface area (Å²) in [7, 11) is 1.61. The zero-order chi connectivity index (χ0) is 9.14. The Kier molecular flexibility index (Phi) is 3.93. The Bertz CT molecular complexity index is 289. The van der Waals surface area contributed by atoms with Crippen LogP contribution in [0.15, 0.2) is 12.1 Å². The number of hydrogen-bond donors (Lipinski definition) is 0. The van der Waals surface area contributed by atoms with E-state index in [0.717, 1.165) is 14.9 Å². The van der Waals surface area contributed by atoms with Crippen molar-refractivity contribution in [1.82, 2.24) is 0 Å². The first-order valence-corrected chi connectivity index (χ1v) is 5.26. The lowest BCUT2D eigenvalue weighted by Crippen LogP contribution is -1.92. The van der Waals surface area contributed by atoms with Gasteiger partial charge in [0.2, 0.25) is 0 Å². The van der Waals surface area contributed by atoms with Crippen molar-refractivity contribution in [2.45, 2.75) is 5.88 Å². The lowest BCUT2D eigenvalue weighted by atomic mass is 10.2. The number of rotatable bonds is 2. The summed E-state index contributed by atoms with van der Waals surface area (Å²) in [6.45, 7) is 0. The Morgan fingerprint density at radius 3 is 2.67 bits per heavy atom. The zero-order valence-electron chi connectivity index (χ0n) is 6.40. The Morgan fingerprint density at radius 1 is 1.50 bits per heavy atom. The van der Waals surface area contributed by atoms with Crippen LogP contribution in [0.4, 0.5) is 0 Å². The normalized spacial score (nSPS) is 10.0. The van der Waals surface area contributed by atoms with Crippen LogP contribution in [0.25, 0.3) is 0 Å². The van der Waals surface area contributed by atoms with E-state index in [1.54, 1.807) is 13.2 Å². The van der Waals surface area contributed by atoms with Gasteiger partial charge >= 0.3 is 0 Å². The molecule has 0 saturated carbocycles. The first-order chi connectivity index (χ1) is 5.69. The van der Waals surface area contributed by atoms with E-state index in [2.05, 4.69) is 22.6 Å². The van der Waals surface area contributed by atoms with Gasteiger partial charge in [-0.05, 0) is 34.7 Å². The number of alkyl halides is 1. The van der Waals surface area contributed by atoms with Gasteiger partial charge in [-0.2, -0.15) is 0 Å². The maximum atomic E-state index is 5.83. The molecule has 0 unspecified atom stereocenters. The molecule has 0 amide bonds. The van der Waals surface area contributed by atoms with Crippen molar-refractivity contribution >= 4 is 45.8 Å². The van der Waals surface area contributed by atoms with Crippen LogP contribution in [0.2, 0.25) is 5.02 Å². The molecule has 0 aliphatic rings. The second-order valence-electron chi connectivity index (χ2n) is 2.20. The number of hydrogen-bond acceptors (Lipinski definition) is 1. The molecule has 0 aliphatic carbocycles. The summed E-state index contributed by atoms with van der Waals surface area (Å²) < 4.78 is 6.16. The molecule has 0 radical (unpaired) electrons. The molecule has 0 atom stereocenters. The fraction of sp³-hybridized carbons (Fsp3) is 0.250. The molecule has 0 fully saturated rings. The van der Waals surface area contributed by atoms with E-state index in [4.69, 9.17) is 27.9 Å². The van der Waals surface area contributed by atoms with Crippen LogP contribution in [-0.2, 0) is 5.88 Å². The Labute approximate surface area is 95.1 Å². The van der Waals surface area contributed by atoms with Crippen molar-refractivity contribution in [2.75, 3.05) is 7.11 Å². The highest BCUT2D eigenvalue weighted by atomic mass is 127. The number of ether oxygens (including phenoxy) is 1. The highest BCUT2D eigenvalue weighted by molar-refractivity contribution is 14.1. The molecular formula is C8H7Cl2IO. The van der Waals surface area contributed by atoms with Crippen LogP contribution in [0.5, 0.6) is 5.75 Å². The molecule has 0 N–H and O–H groups in total. The number of methoxy groups -OCH3 is 1. The van der Waals surface area contributed by atoms with Gasteiger partial charge in [0.15, 0.2) is 0 Å². The van der Waals surface area contributed by atoms with E-state index in [-0.39, 0.29) is 0 Å². The summed E-state index contributed by atoms with van der Waals surface area (Å²) in [6.07, 6.45) is 0. The third-order valence-corrected chi connectivity index (χ3v) is 2.92. The van der Waals surface area contributed by atoms with E-state index in [1.807, 2.05) is 6.07 Å². The van der Waals surface area contributed by atoms with Crippen LogP contribution in [0, 0.1) is 3.57 Å². The van der Waals surface area contributed by atoms with Crippen molar-refractivity contribution in [3.05, 3.63) is 26.3 Å². The molecule has 0 spiro atoms. The quantitative estimate of drug-likeness (QED) is 0.597. The molecule has 1 nitrogen and oxygen atoms in total. The Balaban J connectivity index is 3.24. The third-order valence-electron chi connectivity index (χ3n) is 1.47. The lowest BCUT2D eigenvalue weighted by Gasteiger charge is -2.08. The van der Waals surface area contributed by atoms with Crippen LogP contribution >= 0.6 is 45.8 Å². The lowest BCUT2D eigenvalue weighted by molar-refractivity contribution is 0.411. The highest BCUT2D eigenvalue weighted by Crippen LogP contribution is 2.29. The van der Waals surface area contributed by atoms with Crippen LogP contribution in [0.1, 0.15) is 5.56 Å². The average Bonchev–Trinajstić information content (AvgIpc) is 2.03. The largest absolute Gasteiger partial charge is 0.496 e. The van der Waals surface area contributed by atoms with Crippen molar-refractivity contribution in [2.24, 2.45) is 0 Å². The van der Waals surface area contributed by atoms with Crippen molar-refractivity contribution in [3.8, 4) is 5.75 Å². The summed E-state index contributed by atoms with van der Waals surface area (Å²) in [5.41, 5.74) is 0.990. The van der Waals surface area contributed by atoms with E-state index >= 15 is 0 Å². The van der Waals surface area contributed by atoms with Gasteiger partial charge in [0.05, 0.1) is 13.0 Å². The van der Waals surface area contributed by atoms with E-state index in [1.165, 1.54) is 0 Å². The van der Waals surface area contributed by atoms with E-state index < -0.39 is 0 Å². The predicted octanol–water partition coefficient (Wildman–Crippen LogP) is 3.69. The minimum atomic E-state index is 0.443. The van der Waals surface area contributed by atoms with Crippen LogP contribution in [0.3, 0.4) is 0 Å². The first-order valence-electron chi connectivity index (χ1n) is 3.27. The van der Waals surface area contributed by atoms with Crippen LogP contribution in [-0.4, -0.2) is 7.11 Å². The molecule has 0 saturated heterocycles. The summed E-state index contributed by atoms with van der Waals surface area (Å²) in [5, 5.41) is 0.671. The fourth-order valence-corrected chi connectivity index (χ4v) is 2.58. The summed E-state index contributed by atoms with van der Waals surface area (Å²) >= 11 is 13.8. The minimum Gasteiger partial charge on any atom is -0.496 e. The maximum absolute atomic E-state index is 5.83. The molecule has 4 heteroatoms. The molecule has 66 valence electrons. The summed E-state index contributed by atoms with van der Waals surface area (Å²) in [4.78, 5) is 0. The van der Waals surface area contributed by atoms with Crippen molar-refractivity contribution < 1.29 is 4.74 Å². The van der Waals surface area contributed by atoms with Gasteiger partial charge in [0.25, 0.3) is 0 Å². The Morgan fingerprint density at radius 2 is 2.17 bits per heavy atom. The molecule has 1 aromatic rings. The van der Waals surface area contributed by atoms with Gasteiger partial charge in [-0.1, -0.05) is 11.6 Å². The Hall–Kier alpha value is 0.330. The zero-order valence-corrected chi connectivity index (χ0v) is 10.1. The average molecular weight is 317 g/mol. The molecule has 1 rings (SSSR count).